The van der Waals surface area contributed by atoms with Crippen LogP contribution in [0.4, 0.5) is 10.1 Å². The lowest BCUT2D eigenvalue weighted by Gasteiger charge is -2.12. The number of ether oxygens (including phenoxy) is 2. The molecule has 1 aliphatic carbocycles. The van der Waals surface area contributed by atoms with E-state index < -0.39 is 0 Å². The van der Waals surface area contributed by atoms with Gasteiger partial charge in [0.2, 0.25) is 5.91 Å². The Morgan fingerprint density at radius 2 is 1.79 bits per heavy atom. The number of hydrogen-bond donors (Lipinski definition) is 1. The van der Waals surface area contributed by atoms with Gasteiger partial charge in [0, 0.05) is 18.1 Å². The summed E-state index contributed by atoms with van der Waals surface area (Å²) >= 11 is 6.19. The Hall–Kier alpha value is -2.27. The number of anilines is 1. The van der Waals surface area contributed by atoms with Gasteiger partial charge in [-0.15, -0.1) is 0 Å². The first-order valence-electron chi connectivity index (χ1n) is 7.51. The number of carbonyl (C=O) groups excluding carboxylic acids is 1. The Kier molecular flexibility index (Phi) is 4.62. The zero-order valence-corrected chi connectivity index (χ0v) is 14.1. The predicted molar refractivity (Wildman–Crippen MR) is 90.4 cm³/mol. The SMILES string of the molecule is COc1cc(Cl)c(NC(=O)[C@H]2C[C@@H]2c2ccc(F)cc2)cc1OC. The van der Waals surface area contributed by atoms with E-state index in [1.807, 2.05) is 0 Å². The van der Waals surface area contributed by atoms with Crippen LogP contribution in [0, 0.1) is 11.7 Å². The van der Waals surface area contributed by atoms with Crippen molar-refractivity contribution in [3.05, 3.63) is 52.8 Å². The van der Waals surface area contributed by atoms with Gasteiger partial charge in [-0.2, -0.15) is 0 Å². The summed E-state index contributed by atoms with van der Waals surface area (Å²) in [5, 5.41) is 3.20. The minimum atomic E-state index is -0.280. The van der Waals surface area contributed by atoms with Gasteiger partial charge in [0.15, 0.2) is 11.5 Å². The van der Waals surface area contributed by atoms with Gasteiger partial charge in [-0.3, -0.25) is 4.79 Å². The fourth-order valence-corrected chi connectivity index (χ4v) is 2.94. The zero-order chi connectivity index (χ0) is 17.3. The molecule has 1 N–H and O–H groups in total. The molecule has 126 valence electrons. The van der Waals surface area contributed by atoms with Gasteiger partial charge in [-0.25, -0.2) is 4.39 Å². The van der Waals surface area contributed by atoms with E-state index >= 15 is 0 Å². The average Bonchev–Trinajstić information content (AvgIpc) is 3.37. The standard InChI is InChI=1S/C18H17ClFNO3/c1-23-16-8-14(19)15(9-17(16)24-2)21-18(22)13-7-12(13)10-3-5-11(20)6-4-10/h3-6,8-9,12-13H,7H2,1-2H3,(H,21,22)/t12-,13+/m1/s1. The number of halogens is 2. The maximum atomic E-state index is 13.0. The number of benzene rings is 2. The summed E-state index contributed by atoms with van der Waals surface area (Å²) in [6.07, 6.45) is 0.738. The zero-order valence-electron chi connectivity index (χ0n) is 13.3. The van der Waals surface area contributed by atoms with Gasteiger partial charge < -0.3 is 14.8 Å². The molecular weight excluding hydrogens is 333 g/mol. The average molecular weight is 350 g/mol. The summed E-state index contributed by atoms with van der Waals surface area (Å²) in [5.41, 5.74) is 1.44. The van der Waals surface area contributed by atoms with E-state index in [4.69, 9.17) is 21.1 Å². The largest absolute Gasteiger partial charge is 0.493 e. The summed E-state index contributed by atoms with van der Waals surface area (Å²) in [5.74, 6) is 0.569. The molecule has 0 radical (unpaired) electrons. The molecular formula is C18H17ClFNO3. The smallest absolute Gasteiger partial charge is 0.228 e. The van der Waals surface area contributed by atoms with Crippen molar-refractivity contribution in [3.63, 3.8) is 0 Å². The minimum absolute atomic E-state index is 0.113. The Morgan fingerprint density at radius 1 is 1.17 bits per heavy atom. The molecule has 3 rings (SSSR count). The molecule has 1 amide bonds. The van der Waals surface area contributed by atoms with E-state index in [9.17, 15) is 9.18 Å². The van der Waals surface area contributed by atoms with Crippen molar-refractivity contribution in [1.82, 2.24) is 0 Å². The molecule has 4 nitrogen and oxygen atoms in total. The van der Waals surface area contributed by atoms with Gasteiger partial charge in [0.25, 0.3) is 0 Å². The molecule has 0 saturated heterocycles. The van der Waals surface area contributed by atoms with Crippen molar-refractivity contribution < 1.29 is 18.7 Å². The van der Waals surface area contributed by atoms with Gasteiger partial charge in [-0.1, -0.05) is 23.7 Å². The molecule has 1 saturated carbocycles. The van der Waals surface area contributed by atoms with Crippen LogP contribution in [0.3, 0.4) is 0 Å². The summed E-state index contributed by atoms with van der Waals surface area (Å²) in [7, 11) is 3.03. The van der Waals surface area contributed by atoms with E-state index in [1.54, 1.807) is 24.3 Å². The van der Waals surface area contributed by atoms with Gasteiger partial charge >= 0.3 is 0 Å². The third-order valence-corrected chi connectivity index (χ3v) is 4.47. The van der Waals surface area contributed by atoms with Gasteiger partial charge in [-0.05, 0) is 30.0 Å². The van der Waals surface area contributed by atoms with Crippen LogP contribution in [-0.2, 0) is 4.79 Å². The molecule has 6 heteroatoms. The van der Waals surface area contributed by atoms with Gasteiger partial charge in [0.05, 0.1) is 24.9 Å². The van der Waals surface area contributed by atoms with Crippen LogP contribution < -0.4 is 14.8 Å². The van der Waals surface area contributed by atoms with Crippen molar-refractivity contribution >= 4 is 23.2 Å². The van der Waals surface area contributed by atoms with E-state index in [0.717, 1.165) is 12.0 Å². The molecule has 0 unspecified atom stereocenters. The van der Waals surface area contributed by atoms with Crippen LogP contribution in [-0.4, -0.2) is 20.1 Å². The quantitative estimate of drug-likeness (QED) is 0.878. The second-order valence-electron chi connectivity index (χ2n) is 5.68. The van der Waals surface area contributed by atoms with E-state index in [2.05, 4.69) is 5.32 Å². The Balaban J connectivity index is 1.71. The summed E-state index contributed by atoms with van der Waals surface area (Å²) in [4.78, 5) is 12.4. The van der Waals surface area contributed by atoms with Crippen molar-refractivity contribution in [3.8, 4) is 11.5 Å². The first-order valence-corrected chi connectivity index (χ1v) is 7.89. The van der Waals surface area contributed by atoms with Crippen LogP contribution in [0.25, 0.3) is 0 Å². The Labute approximate surface area is 144 Å². The number of amides is 1. The highest BCUT2D eigenvalue weighted by Gasteiger charge is 2.44. The number of carbonyl (C=O) groups is 1. The summed E-state index contributed by atoms with van der Waals surface area (Å²) in [6.45, 7) is 0. The third kappa shape index (κ3) is 3.31. The number of hydrogen-bond acceptors (Lipinski definition) is 3. The van der Waals surface area contributed by atoms with Gasteiger partial charge in [0.1, 0.15) is 5.82 Å². The van der Waals surface area contributed by atoms with Crippen LogP contribution in [0.2, 0.25) is 5.02 Å². The molecule has 2 atom stereocenters. The highest BCUT2D eigenvalue weighted by molar-refractivity contribution is 6.34. The van der Waals surface area contributed by atoms with Crippen LogP contribution in [0.1, 0.15) is 17.9 Å². The first-order chi connectivity index (χ1) is 11.5. The van der Waals surface area contributed by atoms with Crippen LogP contribution >= 0.6 is 11.6 Å². The molecule has 1 aliphatic rings. The second kappa shape index (κ2) is 6.69. The molecule has 0 aliphatic heterocycles. The third-order valence-electron chi connectivity index (χ3n) is 4.16. The number of nitrogens with one attached hydrogen (secondary N) is 1. The van der Waals surface area contributed by atoms with Crippen molar-refractivity contribution in [1.29, 1.82) is 0 Å². The highest BCUT2D eigenvalue weighted by atomic mass is 35.5. The fourth-order valence-electron chi connectivity index (χ4n) is 2.74. The Morgan fingerprint density at radius 3 is 2.42 bits per heavy atom. The van der Waals surface area contributed by atoms with Crippen molar-refractivity contribution in [2.45, 2.75) is 12.3 Å². The molecule has 0 heterocycles. The van der Waals surface area contributed by atoms with E-state index in [-0.39, 0.29) is 23.6 Å². The second-order valence-corrected chi connectivity index (χ2v) is 6.08. The highest BCUT2D eigenvalue weighted by Crippen LogP contribution is 2.48. The lowest BCUT2D eigenvalue weighted by molar-refractivity contribution is -0.117. The molecule has 0 aromatic heterocycles. The molecule has 0 bridgehead atoms. The minimum Gasteiger partial charge on any atom is -0.493 e. The van der Waals surface area contributed by atoms with Crippen LogP contribution in [0.5, 0.6) is 11.5 Å². The normalized spacial score (nSPS) is 18.8. The lowest BCUT2D eigenvalue weighted by atomic mass is 10.1. The maximum absolute atomic E-state index is 13.0. The topological polar surface area (TPSA) is 47.6 Å². The molecule has 2 aromatic carbocycles. The molecule has 2 aromatic rings. The Bertz CT molecular complexity index is 764. The van der Waals surface area contributed by atoms with Crippen molar-refractivity contribution in [2.24, 2.45) is 5.92 Å². The predicted octanol–water partition coefficient (Wildman–Crippen LogP) is 4.24. The fraction of sp³-hybridized carbons (Fsp3) is 0.278. The number of rotatable bonds is 5. The summed E-state index contributed by atoms with van der Waals surface area (Å²) < 4.78 is 23.4. The maximum Gasteiger partial charge on any atom is 0.228 e. The van der Waals surface area contributed by atoms with Crippen molar-refractivity contribution in [2.75, 3.05) is 19.5 Å². The first kappa shape index (κ1) is 16.6. The molecule has 1 fully saturated rings. The van der Waals surface area contributed by atoms with Crippen LogP contribution in [0.15, 0.2) is 36.4 Å². The molecule has 0 spiro atoms. The monoisotopic (exact) mass is 349 g/mol. The number of methoxy groups -OCH3 is 2. The lowest BCUT2D eigenvalue weighted by Crippen LogP contribution is -2.15. The summed E-state index contributed by atoms with van der Waals surface area (Å²) in [6, 6.07) is 9.49. The molecule has 24 heavy (non-hydrogen) atoms. The van der Waals surface area contributed by atoms with E-state index in [1.165, 1.54) is 26.4 Å². The van der Waals surface area contributed by atoms with E-state index in [0.29, 0.717) is 22.2 Å².